The molecule has 1 atom stereocenters. The number of hydrogen-bond donors (Lipinski definition) is 2. The van der Waals surface area contributed by atoms with Crippen molar-refractivity contribution >= 4 is 11.8 Å². The zero-order chi connectivity index (χ0) is 21.3. The molecule has 1 fully saturated rings. The summed E-state index contributed by atoms with van der Waals surface area (Å²) in [5.41, 5.74) is 2.64. The summed E-state index contributed by atoms with van der Waals surface area (Å²) in [5.74, 6) is 0.400. The summed E-state index contributed by atoms with van der Waals surface area (Å²) in [7, 11) is 1.66. The maximum absolute atomic E-state index is 12.4. The van der Waals surface area contributed by atoms with E-state index < -0.39 is 0 Å². The number of carbonyl (C=O) groups is 2. The van der Waals surface area contributed by atoms with Gasteiger partial charge in [-0.05, 0) is 62.2 Å². The average Bonchev–Trinajstić information content (AvgIpc) is 2.79. The fourth-order valence-electron chi connectivity index (χ4n) is 3.87. The summed E-state index contributed by atoms with van der Waals surface area (Å²) in [6.07, 6.45) is 3.60. The molecule has 0 spiro atoms. The molecule has 3 rings (SSSR count). The minimum absolute atomic E-state index is 0.0392. The Morgan fingerprint density at radius 3 is 2.37 bits per heavy atom. The molecule has 2 N–H and O–H groups in total. The van der Waals surface area contributed by atoms with E-state index in [1.165, 1.54) is 19.3 Å². The Hall–Kier alpha value is -2.86. The molecule has 0 radical (unpaired) electrons. The van der Waals surface area contributed by atoms with Crippen LogP contribution in [-0.2, 0) is 4.79 Å². The highest BCUT2D eigenvalue weighted by Gasteiger charge is 2.23. The van der Waals surface area contributed by atoms with Crippen molar-refractivity contribution < 1.29 is 14.3 Å². The van der Waals surface area contributed by atoms with Gasteiger partial charge in [-0.1, -0.05) is 36.8 Å². The number of likely N-dealkylation sites (tertiary alicyclic amines) is 1. The maximum Gasteiger partial charge on any atom is 0.251 e. The Labute approximate surface area is 178 Å². The summed E-state index contributed by atoms with van der Waals surface area (Å²) < 4.78 is 5.27. The van der Waals surface area contributed by atoms with Gasteiger partial charge in [-0.3, -0.25) is 14.5 Å². The fraction of sp³-hybridized carbons (Fsp3) is 0.417. The van der Waals surface area contributed by atoms with E-state index in [4.69, 9.17) is 4.74 Å². The normalized spacial score (nSPS) is 15.3. The van der Waals surface area contributed by atoms with Gasteiger partial charge >= 0.3 is 0 Å². The third-order valence-electron chi connectivity index (χ3n) is 5.62. The molecule has 2 aromatic rings. The van der Waals surface area contributed by atoms with E-state index in [0.717, 1.165) is 30.0 Å². The van der Waals surface area contributed by atoms with E-state index in [0.29, 0.717) is 12.1 Å². The third-order valence-corrected chi connectivity index (χ3v) is 5.62. The quantitative estimate of drug-likeness (QED) is 0.703. The lowest BCUT2D eigenvalue weighted by atomic mass is 10.0. The van der Waals surface area contributed by atoms with E-state index in [9.17, 15) is 9.59 Å². The monoisotopic (exact) mass is 409 g/mol. The van der Waals surface area contributed by atoms with E-state index >= 15 is 0 Å². The van der Waals surface area contributed by atoms with Crippen molar-refractivity contribution in [1.29, 1.82) is 0 Å². The number of hydrogen-bond acceptors (Lipinski definition) is 4. The van der Waals surface area contributed by atoms with Gasteiger partial charge in [0.25, 0.3) is 5.91 Å². The zero-order valence-electron chi connectivity index (χ0n) is 17.8. The van der Waals surface area contributed by atoms with E-state index in [-0.39, 0.29) is 24.4 Å². The largest absolute Gasteiger partial charge is 0.497 e. The molecule has 1 aliphatic heterocycles. The second-order valence-electron chi connectivity index (χ2n) is 7.69. The van der Waals surface area contributed by atoms with Crippen molar-refractivity contribution in [2.75, 3.05) is 33.3 Å². The van der Waals surface area contributed by atoms with Crippen molar-refractivity contribution in [3.8, 4) is 5.75 Å². The third kappa shape index (κ3) is 5.83. The SMILES string of the molecule is COc1ccc(C(CNC(=O)CNC(=O)c2ccccc2C)N2CCCCC2)cc1. The Balaban J connectivity index is 1.58. The summed E-state index contributed by atoms with van der Waals surface area (Å²) in [6, 6.07) is 15.5. The molecule has 0 bridgehead atoms. The van der Waals surface area contributed by atoms with Crippen LogP contribution in [0.25, 0.3) is 0 Å². The van der Waals surface area contributed by atoms with Gasteiger partial charge in [-0.25, -0.2) is 0 Å². The number of nitrogens with one attached hydrogen (secondary N) is 2. The predicted octanol–water partition coefficient (Wildman–Crippen LogP) is 3.08. The number of rotatable bonds is 8. The minimum atomic E-state index is -0.231. The molecule has 0 aromatic heterocycles. The first-order valence-corrected chi connectivity index (χ1v) is 10.6. The van der Waals surface area contributed by atoms with Crippen LogP contribution in [0.3, 0.4) is 0 Å². The second-order valence-corrected chi connectivity index (χ2v) is 7.69. The highest BCUT2D eigenvalue weighted by molar-refractivity contribution is 5.97. The van der Waals surface area contributed by atoms with Crippen LogP contribution < -0.4 is 15.4 Å². The Morgan fingerprint density at radius 2 is 1.70 bits per heavy atom. The summed E-state index contributed by atoms with van der Waals surface area (Å²) in [5, 5.41) is 5.72. The lowest BCUT2D eigenvalue weighted by Crippen LogP contribution is -2.43. The van der Waals surface area contributed by atoms with Gasteiger partial charge in [0.15, 0.2) is 0 Å². The number of carbonyl (C=O) groups excluding carboxylic acids is 2. The van der Waals surface area contributed by atoms with Crippen LogP contribution in [0, 0.1) is 6.92 Å². The summed E-state index contributed by atoms with van der Waals surface area (Å²) in [6.45, 7) is 4.40. The number of aryl methyl sites for hydroxylation is 1. The molecule has 1 heterocycles. The van der Waals surface area contributed by atoms with Crippen LogP contribution >= 0.6 is 0 Å². The molecular weight excluding hydrogens is 378 g/mol. The molecule has 1 saturated heterocycles. The van der Waals surface area contributed by atoms with Gasteiger partial charge in [0.2, 0.25) is 5.91 Å². The molecule has 0 saturated carbocycles. The lowest BCUT2D eigenvalue weighted by molar-refractivity contribution is -0.120. The molecule has 2 amide bonds. The summed E-state index contributed by atoms with van der Waals surface area (Å²) in [4.78, 5) is 27.2. The first-order chi connectivity index (χ1) is 14.6. The van der Waals surface area contributed by atoms with Crippen molar-refractivity contribution in [3.63, 3.8) is 0 Å². The number of piperidine rings is 1. The Bertz CT molecular complexity index is 845. The van der Waals surface area contributed by atoms with E-state index in [2.05, 4.69) is 27.7 Å². The lowest BCUT2D eigenvalue weighted by Gasteiger charge is -2.35. The van der Waals surface area contributed by atoms with E-state index in [1.807, 2.05) is 37.3 Å². The average molecular weight is 410 g/mol. The van der Waals surface area contributed by atoms with Crippen molar-refractivity contribution in [3.05, 3.63) is 65.2 Å². The molecule has 160 valence electrons. The van der Waals surface area contributed by atoms with Gasteiger partial charge in [0.1, 0.15) is 5.75 Å². The van der Waals surface area contributed by atoms with Crippen LogP contribution in [0.1, 0.15) is 46.8 Å². The van der Waals surface area contributed by atoms with Gasteiger partial charge < -0.3 is 15.4 Å². The standard InChI is InChI=1S/C24H31N3O3/c1-18-8-4-5-9-21(18)24(29)26-17-23(28)25-16-22(27-14-6-3-7-15-27)19-10-12-20(30-2)13-11-19/h4-5,8-13,22H,3,6-7,14-17H2,1-2H3,(H,25,28)(H,26,29). The molecule has 6 nitrogen and oxygen atoms in total. The molecular formula is C24H31N3O3. The van der Waals surface area contributed by atoms with Crippen molar-refractivity contribution in [1.82, 2.24) is 15.5 Å². The first-order valence-electron chi connectivity index (χ1n) is 10.6. The number of amides is 2. The molecule has 1 aliphatic rings. The van der Waals surface area contributed by atoms with Gasteiger partial charge in [-0.15, -0.1) is 0 Å². The maximum atomic E-state index is 12.4. The minimum Gasteiger partial charge on any atom is -0.497 e. The Morgan fingerprint density at radius 1 is 1.00 bits per heavy atom. The fourth-order valence-corrected chi connectivity index (χ4v) is 3.87. The molecule has 30 heavy (non-hydrogen) atoms. The van der Waals surface area contributed by atoms with Crippen LogP contribution in [-0.4, -0.2) is 50.0 Å². The van der Waals surface area contributed by atoms with Gasteiger partial charge in [0, 0.05) is 12.1 Å². The number of ether oxygens (including phenoxy) is 1. The first kappa shape index (κ1) is 21.8. The van der Waals surface area contributed by atoms with Crippen molar-refractivity contribution in [2.24, 2.45) is 0 Å². The molecule has 2 aromatic carbocycles. The van der Waals surface area contributed by atoms with Crippen LogP contribution in [0.2, 0.25) is 0 Å². The molecule has 6 heteroatoms. The zero-order valence-corrected chi connectivity index (χ0v) is 17.8. The smallest absolute Gasteiger partial charge is 0.251 e. The Kier molecular flexibility index (Phi) is 7.85. The number of benzene rings is 2. The number of methoxy groups -OCH3 is 1. The predicted molar refractivity (Wildman–Crippen MR) is 118 cm³/mol. The number of nitrogens with zero attached hydrogens (tertiary/aromatic N) is 1. The highest BCUT2D eigenvalue weighted by atomic mass is 16.5. The van der Waals surface area contributed by atoms with Crippen LogP contribution in [0.4, 0.5) is 0 Å². The summed E-state index contributed by atoms with van der Waals surface area (Å²) >= 11 is 0. The van der Waals surface area contributed by atoms with Crippen LogP contribution in [0.5, 0.6) is 5.75 Å². The highest BCUT2D eigenvalue weighted by Crippen LogP contribution is 2.25. The molecule has 1 unspecified atom stereocenters. The van der Waals surface area contributed by atoms with Crippen LogP contribution in [0.15, 0.2) is 48.5 Å². The second kappa shape index (κ2) is 10.8. The van der Waals surface area contributed by atoms with Gasteiger partial charge in [-0.2, -0.15) is 0 Å². The topological polar surface area (TPSA) is 70.7 Å². The molecule has 0 aliphatic carbocycles. The van der Waals surface area contributed by atoms with Crippen molar-refractivity contribution in [2.45, 2.75) is 32.2 Å². The van der Waals surface area contributed by atoms with Gasteiger partial charge in [0.05, 0.1) is 19.7 Å². The van der Waals surface area contributed by atoms with E-state index in [1.54, 1.807) is 13.2 Å².